The molecule has 0 bridgehead atoms. The Hall–Kier alpha value is -2.88. The summed E-state index contributed by atoms with van der Waals surface area (Å²) in [6, 6.07) is 20.1. The van der Waals surface area contributed by atoms with Crippen LogP contribution in [0.1, 0.15) is 16.8 Å². The zero-order valence-electron chi connectivity index (χ0n) is 11.2. The molecular formula is C17H14N2O2. The van der Waals surface area contributed by atoms with Crippen molar-refractivity contribution in [2.45, 2.75) is 5.41 Å². The van der Waals surface area contributed by atoms with Crippen molar-refractivity contribution in [2.75, 3.05) is 0 Å². The maximum atomic E-state index is 12.3. The number of nitrogens with one attached hydrogen (secondary N) is 1. The summed E-state index contributed by atoms with van der Waals surface area (Å²) in [4.78, 5) is 12.3. The molecule has 1 aromatic heterocycles. The van der Waals surface area contributed by atoms with Gasteiger partial charge in [-0.3, -0.25) is 9.89 Å². The van der Waals surface area contributed by atoms with E-state index in [1.165, 1.54) is 0 Å². The second-order valence-electron chi connectivity index (χ2n) is 4.76. The molecular weight excluding hydrogens is 264 g/mol. The molecule has 4 nitrogen and oxygen atoms in total. The van der Waals surface area contributed by atoms with Gasteiger partial charge in [-0.15, -0.1) is 0 Å². The molecule has 0 fully saturated rings. The predicted octanol–water partition coefficient (Wildman–Crippen LogP) is 2.83. The lowest BCUT2D eigenvalue weighted by Gasteiger charge is -2.29. The summed E-state index contributed by atoms with van der Waals surface area (Å²) in [6.45, 7) is 0. The molecule has 104 valence electrons. The van der Waals surface area contributed by atoms with Gasteiger partial charge in [0.1, 0.15) is 0 Å². The molecule has 0 aliphatic heterocycles. The minimum absolute atomic E-state index is 0.535. The minimum atomic E-state index is -1.29. The first-order chi connectivity index (χ1) is 10.3. The van der Waals surface area contributed by atoms with Crippen molar-refractivity contribution >= 4 is 5.97 Å². The smallest absolute Gasteiger partial charge is 0.324 e. The average molecular weight is 278 g/mol. The molecule has 2 N–H and O–H groups in total. The van der Waals surface area contributed by atoms with E-state index in [2.05, 4.69) is 10.2 Å². The van der Waals surface area contributed by atoms with Crippen LogP contribution in [0.5, 0.6) is 0 Å². The van der Waals surface area contributed by atoms with Gasteiger partial charge in [-0.1, -0.05) is 60.7 Å². The molecule has 0 saturated carbocycles. The maximum Gasteiger partial charge on any atom is 0.324 e. The van der Waals surface area contributed by atoms with E-state index < -0.39 is 11.4 Å². The van der Waals surface area contributed by atoms with E-state index in [-0.39, 0.29) is 0 Å². The van der Waals surface area contributed by atoms with Crippen LogP contribution in [0.3, 0.4) is 0 Å². The Balaban J connectivity index is 2.36. The van der Waals surface area contributed by atoms with Crippen LogP contribution in [-0.2, 0) is 10.2 Å². The van der Waals surface area contributed by atoms with Crippen LogP contribution >= 0.6 is 0 Å². The standard InChI is InChI=1S/C17H14N2O2/c20-16(21)17(15-11-12-18-19-15,13-7-3-1-4-8-13)14-9-5-2-6-10-14/h1-12H,(H,18,19)(H,20,21). The van der Waals surface area contributed by atoms with Gasteiger partial charge in [-0.25, -0.2) is 0 Å². The highest BCUT2D eigenvalue weighted by atomic mass is 16.4. The average Bonchev–Trinajstić information content (AvgIpc) is 3.04. The Kier molecular flexibility index (Phi) is 3.28. The molecule has 21 heavy (non-hydrogen) atoms. The fourth-order valence-electron chi connectivity index (χ4n) is 2.68. The number of aromatic amines is 1. The first kappa shape index (κ1) is 13.1. The van der Waals surface area contributed by atoms with Crippen LogP contribution < -0.4 is 0 Å². The third-order valence-corrected chi connectivity index (χ3v) is 3.64. The lowest BCUT2D eigenvalue weighted by Crippen LogP contribution is -2.38. The Morgan fingerprint density at radius 3 is 1.81 bits per heavy atom. The molecule has 3 aromatic rings. The molecule has 0 aliphatic rings. The monoisotopic (exact) mass is 278 g/mol. The zero-order valence-corrected chi connectivity index (χ0v) is 11.2. The third-order valence-electron chi connectivity index (χ3n) is 3.64. The SMILES string of the molecule is O=C(O)C(c1ccccc1)(c1ccccc1)c1ccn[nH]1. The molecule has 0 atom stereocenters. The molecule has 0 unspecified atom stereocenters. The van der Waals surface area contributed by atoms with Crippen molar-refractivity contribution < 1.29 is 9.90 Å². The molecule has 1 heterocycles. The first-order valence-corrected chi connectivity index (χ1v) is 6.60. The van der Waals surface area contributed by atoms with Gasteiger partial charge in [0.05, 0.1) is 5.69 Å². The fourth-order valence-corrected chi connectivity index (χ4v) is 2.68. The number of aliphatic carboxylic acids is 1. The number of carbonyl (C=O) groups is 1. The largest absolute Gasteiger partial charge is 0.480 e. The summed E-state index contributed by atoms with van der Waals surface area (Å²) in [5.41, 5.74) is 0.618. The fraction of sp³-hybridized carbons (Fsp3) is 0.0588. The second-order valence-corrected chi connectivity index (χ2v) is 4.76. The van der Waals surface area contributed by atoms with E-state index in [1.807, 2.05) is 60.7 Å². The molecule has 0 spiro atoms. The lowest BCUT2D eigenvalue weighted by molar-refractivity contribution is -0.140. The van der Waals surface area contributed by atoms with E-state index >= 15 is 0 Å². The van der Waals surface area contributed by atoms with Crippen molar-refractivity contribution in [1.29, 1.82) is 0 Å². The molecule has 0 aliphatic carbocycles. The Morgan fingerprint density at radius 1 is 0.905 bits per heavy atom. The number of aromatic nitrogens is 2. The third kappa shape index (κ3) is 2.01. The van der Waals surface area contributed by atoms with Gasteiger partial charge >= 0.3 is 5.97 Å². The molecule has 3 rings (SSSR count). The number of hydrogen-bond donors (Lipinski definition) is 2. The van der Waals surface area contributed by atoms with Gasteiger partial charge in [-0.2, -0.15) is 5.10 Å². The number of benzene rings is 2. The van der Waals surface area contributed by atoms with Gasteiger partial charge in [0.2, 0.25) is 0 Å². The molecule has 0 saturated heterocycles. The highest BCUT2D eigenvalue weighted by Gasteiger charge is 2.45. The van der Waals surface area contributed by atoms with E-state index in [9.17, 15) is 9.90 Å². The maximum absolute atomic E-state index is 12.3. The van der Waals surface area contributed by atoms with Crippen LogP contribution in [0.15, 0.2) is 72.9 Å². The van der Waals surface area contributed by atoms with Gasteiger partial charge in [-0.05, 0) is 17.2 Å². The molecule has 0 radical (unpaired) electrons. The van der Waals surface area contributed by atoms with Crippen LogP contribution in [0, 0.1) is 0 Å². The van der Waals surface area contributed by atoms with Crippen molar-refractivity contribution in [3.63, 3.8) is 0 Å². The van der Waals surface area contributed by atoms with Gasteiger partial charge in [0.15, 0.2) is 5.41 Å². The predicted molar refractivity (Wildman–Crippen MR) is 79.0 cm³/mol. The minimum Gasteiger partial charge on any atom is -0.480 e. The van der Waals surface area contributed by atoms with Crippen LogP contribution in [0.4, 0.5) is 0 Å². The summed E-state index contributed by atoms with van der Waals surface area (Å²) in [6.07, 6.45) is 1.57. The summed E-state index contributed by atoms with van der Waals surface area (Å²) in [5, 5.41) is 16.8. The second kappa shape index (κ2) is 5.25. The summed E-state index contributed by atoms with van der Waals surface area (Å²) in [7, 11) is 0. The highest BCUT2D eigenvalue weighted by Crippen LogP contribution is 2.38. The Bertz CT molecular complexity index is 683. The quantitative estimate of drug-likeness (QED) is 0.771. The van der Waals surface area contributed by atoms with Crippen LogP contribution in [0.2, 0.25) is 0 Å². The van der Waals surface area contributed by atoms with Crippen LogP contribution in [-0.4, -0.2) is 21.3 Å². The van der Waals surface area contributed by atoms with Crippen molar-refractivity contribution in [1.82, 2.24) is 10.2 Å². The van der Waals surface area contributed by atoms with Crippen LogP contribution in [0.25, 0.3) is 0 Å². The van der Waals surface area contributed by atoms with Gasteiger partial charge in [0.25, 0.3) is 0 Å². The number of nitrogens with zero attached hydrogens (tertiary/aromatic N) is 1. The van der Waals surface area contributed by atoms with Crippen molar-refractivity contribution in [2.24, 2.45) is 0 Å². The van der Waals surface area contributed by atoms with E-state index in [4.69, 9.17) is 0 Å². The topological polar surface area (TPSA) is 66.0 Å². The zero-order chi connectivity index (χ0) is 14.7. The number of hydrogen-bond acceptors (Lipinski definition) is 2. The van der Waals surface area contributed by atoms with Gasteiger partial charge in [0, 0.05) is 6.20 Å². The molecule has 0 amide bonds. The summed E-state index contributed by atoms with van der Waals surface area (Å²) < 4.78 is 0. The number of carboxylic acid groups (broad SMARTS) is 1. The summed E-state index contributed by atoms with van der Waals surface area (Å²) >= 11 is 0. The van der Waals surface area contributed by atoms with E-state index in [1.54, 1.807) is 12.3 Å². The van der Waals surface area contributed by atoms with E-state index in [0.29, 0.717) is 16.8 Å². The summed E-state index contributed by atoms with van der Waals surface area (Å²) in [5.74, 6) is -0.941. The van der Waals surface area contributed by atoms with Crippen molar-refractivity contribution in [3.8, 4) is 0 Å². The van der Waals surface area contributed by atoms with Crippen molar-refractivity contribution in [3.05, 3.63) is 89.7 Å². The first-order valence-electron chi connectivity index (χ1n) is 6.60. The number of carboxylic acids is 1. The highest BCUT2D eigenvalue weighted by molar-refractivity contribution is 5.90. The lowest BCUT2D eigenvalue weighted by atomic mass is 9.72. The molecule has 4 heteroatoms. The Labute approximate surface area is 122 Å². The molecule has 2 aromatic carbocycles. The Morgan fingerprint density at radius 2 is 1.43 bits per heavy atom. The van der Waals surface area contributed by atoms with Gasteiger partial charge < -0.3 is 5.11 Å². The number of H-pyrrole nitrogens is 1. The van der Waals surface area contributed by atoms with E-state index in [0.717, 1.165) is 0 Å². The number of rotatable bonds is 4. The normalized spacial score (nSPS) is 11.2.